The number of nitrogens with zero attached hydrogens (tertiary/aromatic N) is 1. The number of anilines is 1. The van der Waals surface area contributed by atoms with Gasteiger partial charge >= 0.3 is 0 Å². The molecule has 0 heterocycles. The molecular weight excluding hydrogens is 392 g/mol. The normalized spacial score (nSPS) is 12.8. The zero-order chi connectivity index (χ0) is 19.3. The summed E-state index contributed by atoms with van der Waals surface area (Å²) in [7, 11) is -0.603. The van der Waals surface area contributed by atoms with Crippen molar-refractivity contribution in [3.05, 3.63) is 59.1 Å². The van der Waals surface area contributed by atoms with Gasteiger partial charge in [0.2, 0.25) is 15.9 Å². The van der Waals surface area contributed by atoms with Crippen LogP contribution in [0.15, 0.2) is 53.4 Å². The van der Waals surface area contributed by atoms with Crippen LogP contribution in [0.3, 0.4) is 0 Å². The summed E-state index contributed by atoms with van der Waals surface area (Å²) >= 11 is 7.36. The van der Waals surface area contributed by atoms with E-state index in [0.717, 1.165) is 9.87 Å². The largest absolute Gasteiger partial charge is 0.325 e. The van der Waals surface area contributed by atoms with E-state index in [1.807, 2.05) is 31.2 Å². The maximum Gasteiger partial charge on any atom is 0.242 e. The highest BCUT2D eigenvalue weighted by atomic mass is 35.5. The number of hydrogen-bond acceptors (Lipinski definition) is 4. The van der Waals surface area contributed by atoms with Crippen molar-refractivity contribution in [2.45, 2.75) is 22.8 Å². The maximum atomic E-state index is 12.4. The fourth-order valence-electron chi connectivity index (χ4n) is 2.07. The second-order valence-corrected chi connectivity index (χ2v) is 9.80. The molecule has 0 aliphatic heterocycles. The molecule has 0 fully saturated rings. The third-order valence-electron chi connectivity index (χ3n) is 3.66. The van der Waals surface area contributed by atoms with E-state index < -0.39 is 10.0 Å². The van der Waals surface area contributed by atoms with Crippen molar-refractivity contribution in [2.24, 2.45) is 0 Å². The van der Waals surface area contributed by atoms with E-state index in [0.29, 0.717) is 16.5 Å². The predicted octanol–water partition coefficient (Wildman–Crippen LogP) is 3.85. The molecule has 0 unspecified atom stereocenters. The van der Waals surface area contributed by atoms with E-state index in [1.165, 1.54) is 38.0 Å². The van der Waals surface area contributed by atoms with Gasteiger partial charge in [-0.25, -0.2) is 12.7 Å². The van der Waals surface area contributed by atoms with Gasteiger partial charge in [-0.1, -0.05) is 29.8 Å². The van der Waals surface area contributed by atoms with Crippen molar-refractivity contribution in [1.29, 1.82) is 0 Å². The summed E-state index contributed by atoms with van der Waals surface area (Å²) in [4.78, 5) is 12.5. The summed E-state index contributed by atoms with van der Waals surface area (Å²) < 4.78 is 25.5. The number of amides is 1. The van der Waals surface area contributed by atoms with Crippen LogP contribution in [-0.2, 0) is 20.6 Å². The van der Waals surface area contributed by atoms with Crippen LogP contribution in [0.1, 0.15) is 12.5 Å². The topological polar surface area (TPSA) is 66.5 Å². The van der Waals surface area contributed by atoms with Gasteiger partial charge in [-0.15, -0.1) is 11.8 Å². The van der Waals surface area contributed by atoms with Crippen LogP contribution in [0.2, 0.25) is 5.02 Å². The molecule has 2 rings (SSSR count). The van der Waals surface area contributed by atoms with Crippen LogP contribution in [0.5, 0.6) is 0 Å². The lowest BCUT2D eigenvalue weighted by Gasteiger charge is -2.14. The Bertz CT molecular complexity index is 868. The van der Waals surface area contributed by atoms with Crippen LogP contribution in [0.25, 0.3) is 0 Å². The van der Waals surface area contributed by atoms with Crippen molar-refractivity contribution in [3.63, 3.8) is 0 Å². The molecule has 8 heteroatoms. The lowest BCUT2D eigenvalue weighted by molar-refractivity contribution is -0.115. The fraction of sp³-hybridized carbons (Fsp3) is 0.278. The molecule has 1 amide bonds. The van der Waals surface area contributed by atoms with E-state index in [4.69, 9.17) is 11.6 Å². The van der Waals surface area contributed by atoms with Gasteiger partial charge in [0.1, 0.15) is 0 Å². The summed E-state index contributed by atoms with van der Waals surface area (Å²) in [5.41, 5.74) is 1.54. The molecule has 1 N–H and O–H groups in total. The highest BCUT2D eigenvalue weighted by Gasteiger charge is 2.19. The zero-order valence-electron chi connectivity index (χ0n) is 14.8. The number of halogens is 1. The van der Waals surface area contributed by atoms with E-state index in [1.54, 1.807) is 12.1 Å². The number of carbonyl (C=O) groups excluding carboxylic acids is 1. The average molecular weight is 413 g/mol. The summed E-state index contributed by atoms with van der Waals surface area (Å²) in [6, 6.07) is 13.7. The quantitative estimate of drug-likeness (QED) is 0.750. The molecule has 140 valence electrons. The summed E-state index contributed by atoms with van der Waals surface area (Å²) in [5.74, 6) is 0.504. The minimum absolute atomic E-state index is 0.141. The molecule has 0 spiro atoms. The third kappa shape index (κ3) is 5.48. The molecule has 0 aliphatic rings. The molecule has 2 aromatic rings. The average Bonchev–Trinajstić information content (AvgIpc) is 2.61. The van der Waals surface area contributed by atoms with E-state index in [9.17, 15) is 13.2 Å². The summed E-state index contributed by atoms with van der Waals surface area (Å²) in [6.07, 6.45) is 0. The Morgan fingerprint density at radius 1 is 1.19 bits per heavy atom. The van der Waals surface area contributed by atoms with Crippen LogP contribution >= 0.6 is 23.4 Å². The number of rotatable bonds is 7. The number of carbonyl (C=O) groups is 1. The minimum Gasteiger partial charge on any atom is -0.325 e. The van der Waals surface area contributed by atoms with Gasteiger partial charge in [0.15, 0.2) is 0 Å². The maximum absolute atomic E-state index is 12.4. The lowest BCUT2D eigenvalue weighted by Crippen LogP contribution is -2.24. The van der Waals surface area contributed by atoms with Gasteiger partial charge in [0, 0.05) is 30.6 Å². The van der Waals surface area contributed by atoms with Gasteiger partial charge in [-0.05, 0) is 42.8 Å². The Balaban J connectivity index is 1.99. The molecule has 5 nitrogen and oxygen atoms in total. The van der Waals surface area contributed by atoms with Crippen LogP contribution < -0.4 is 5.32 Å². The number of nitrogens with one attached hydrogen (secondary N) is 1. The first kappa shape index (κ1) is 20.8. The Labute approximate surface area is 163 Å². The first-order chi connectivity index (χ1) is 12.2. The first-order valence-corrected chi connectivity index (χ1v) is 10.8. The van der Waals surface area contributed by atoms with Gasteiger partial charge in [-0.2, -0.15) is 0 Å². The second-order valence-electron chi connectivity index (χ2n) is 5.88. The van der Waals surface area contributed by atoms with Crippen molar-refractivity contribution in [2.75, 3.05) is 19.4 Å². The van der Waals surface area contributed by atoms with E-state index >= 15 is 0 Å². The van der Waals surface area contributed by atoms with Gasteiger partial charge < -0.3 is 5.32 Å². The Hall–Kier alpha value is -1.54. The third-order valence-corrected chi connectivity index (χ3v) is 6.94. The van der Waals surface area contributed by atoms with Gasteiger partial charge in [0.05, 0.1) is 10.1 Å². The zero-order valence-corrected chi connectivity index (χ0v) is 17.2. The number of benzene rings is 2. The highest BCUT2D eigenvalue weighted by molar-refractivity contribution is 7.99. The summed E-state index contributed by atoms with van der Waals surface area (Å²) in [5, 5.41) is 3.16. The molecule has 0 saturated heterocycles. The van der Waals surface area contributed by atoms with Crippen molar-refractivity contribution in [1.82, 2.24) is 4.31 Å². The SMILES string of the molecule is C[C@H](SCc1ccc(Cl)cc1)C(=O)Nc1cccc(S(=O)(=O)N(C)C)c1. The Morgan fingerprint density at radius 2 is 1.85 bits per heavy atom. The number of thioether (sulfide) groups is 1. The van der Waals surface area contributed by atoms with Gasteiger partial charge in [-0.3, -0.25) is 4.79 Å². The van der Waals surface area contributed by atoms with Crippen molar-refractivity contribution in [3.8, 4) is 0 Å². The first-order valence-electron chi connectivity index (χ1n) is 7.89. The van der Waals surface area contributed by atoms with Crippen LogP contribution in [-0.4, -0.2) is 38.0 Å². The second kappa shape index (κ2) is 8.90. The molecule has 0 aliphatic carbocycles. The van der Waals surface area contributed by atoms with Crippen LogP contribution in [0.4, 0.5) is 5.69 Å². The van der Waals surface area contributed by atoms with E-state index in [-0.39, 0.29) is 16.1 Å². The number of hydrogen-bond donors (Lipinski definition) is 1. The minimum atomic E-state index is -3.54. The fourth-order valence-corrected chi connectivity index (χ4v) is 3.99. The lowest BCUT2D eigenvalue weighted by atomic mass is 10.2. The predicted molar refractivity (Wildman–Crippen MR) is 108 cm³/mol. The van der Waals surface area contributed by atoms with E-state index in [2.05, 4.69) is 5.32 Å². The van der Waals surface area contributed by atoms with Crippen molar-refractivity contribution < 1.29 is 13.2 Å². The molecule has 1 atom stereocenters. The Kier molecular flexibility index (Phi) is 7.11. The number of sulfonamides is 1. The van der Waals surface area contributed by atoms with Gasteiger partial charge in [0.25, 0.3) is 0 Å². The smallest absolute Gasteiger partial charge is 0.242 e. The Morgan fingerprint density at radius 3 is 2.46 bits per heavy atom. The van der Waals surface area contributed by atoms with Crippen LogP contribution in [0, 0.1) is 0 Å². The molecule has 0 bridgehead atoms. The molecule has 26 heavy (non-hydrogen) atoms. The highest BCUT2D eigenvalue weighted by Crippen LogP contribution is 2.22. The van der Waals surface area contributed by atoms with Crippen molar-refractivity contribution >= 4 is 45.0 Å². The summed E-state index contributed by atoms with van der Waals surface area (Å²) in [6.45, 7) is 1.82. The molecule has 0 aromatic heterocycles. The molecule has 0 saturated carbocycles. The molecule has 2 aromatic carbocycles. The monoisotopic (exact) mass is 412 g/mol. The molecule has 0 radical (unpaired) electrons. The molecular formula is C18H21ClN2O3S2. The standard InChI is InChI=1S/C18H21ClN2O3S2/c1-13(25-12-14-7-9-15(19)10-8-14)18(22)20-16-5-4-6-17(11-16)26(23,24)21(2)3/h4-11,13H,12H2,1-3H3,(H,20,22)/t13-/m0/s1.